The Bertz CT molecular complexity index is 1350. The maximum absolute atomic E-state index is 13.4. The van der Waals surface area contributed by atoms with Crippen LogP contribution in [0.1, 0.15) is 29.7 Å². The average Bonchev–Trinajstić information content (AvgIpc) is 3.14. The van der Waals surface area contributed by atoms with Crippen molar-refractivity contribution in [3.05, 3.63) is 93.0 Å². The van der Waals surface area contributed by atoms with Crippen LogP contribution in [-0.2, 0) is 16.1 Å². The largest absolute Gasteiger partial charge is 0.507 e. The first-order chi connectivity index (χ1) is 17.8. The summed E-state index contributed by atoms with van der Waals surface area (Å²) in [5.74, 6) is -0.571. The van der Waals surface area contributed by atoms with Gasteiger partial charge in [0.05, 0.1) is 43.0 Å². The first-order valence-electron chi connectivity index (χ1n) is 11.5. The Balaban J connectivity index is 1.88. The Labute approximate surface area is 224 Å². The zero-order chi connectivity index (χ0) is 26.7. The van der Waals surface area contributed by atoms with Crippen molar-refractivity contribution < 1.29 is 28.9 Å². The first kappa shape index (κ1) is 26.4. The van der Waals surface area contributed by atoms with E-state index in [1.165, 1.54) is 24.1 Å². The highest BCUT2D eigenvalue weighted by atomic mass is 35.5. The monoisotopic (exact) mass is 541 g/mol. The minimum absolute atomic E-state index is 0.0979. The number of aliphatic hydroxyl groups is 1. The molecule has 3 aromatic carbocycles. The number of nitrogens with zero attached hydrogens (tertiary/aromatic N) is 1. The van der Waals surface area contributed by atoms with Gasteiger partial charge in [-0.1, -0.05) is 47.5 Å². The second-order valence-corrected chi connectivity index (χ2v) is 9.09. The highest BCUT2D eigenvalue weighted by Gasteiger charge is 2.46. The molecule has 0 aliphatic carbocycles. The van der Waals surface area contributed by atoms with Gasteiger partial charge in [-0.25, -0.2) is 0 Å². The van der Waals surface area contributed by atoms with Gasteiger partial charge in [-0.2, -0.15) is 0 Å². The van der Waals surface area contributed by atoms with Gasteiger partial charge in [0.15, 0.2) is 0 Å². The number of hydrogen-bond donors (Lipinski definition) is 1. The molecule has 1 aliphatic heterocycles. The van der Waals surface area contributed by atoms with E-state index < -0.39 is 23.5 Å². The van der Waals surface area contributed by atoms with Gasteiger partial charge in [-0.05, 0) is 54.4 Å². The molecule has 1 heterocycles. The van der Waals surface area contributed by atoms with Crippen LogP contribution in [0.4, 0.5) is 0 Å². The zero-order valence-corrected chi connectivity index (χ0v) is 22.0. The topological polar surface area (TPSA) is 85.3 Å². The molecule has 9 heteroatoms. The molecule has 1 unspecified atom stereocenters. The molecular weight excluding hydrogens is 517 g/mol. The van der Waals surface area contributed by atoms with E-state index in [2.05, 4.69) is 0 Å². The Morgan fingerprint density at radius 2 is 1.59 bits per heavy atom. The maximum atomic E-state index is 13.4. The molecule has 1 aliphatic rings. The molecule has 1 fully saturated rings. The summed E-state index contributed by atoms with van der Waals surface area (Å²) in [4.78, 5) is 28.1. The summed E-state index contributed by atoms with van der Waals surface area (Å²) in [5.41, 5.74) is 1.41. The predicted octanol–water partition coefficient (Wildman–Crippen LogP) is 6.03. The number of Topliss-reactive ketones (excluding diaryl/α,β-unsaturated/α-hetero) is 1. The highest BCUT2D eigenvalue weighted by Crippen LogP contribution is 2.44. The van der Waals surface area contributed by atoms with E-state index in [1.54, 1.807) is 43.5 Å². The first-order valence-corrected chi connectivity index (χ1v) is 12.2. The third-order valence-electron chi connectivity index (χ3n) is 6.03. The summed E-state index contributed by atoms with van der Waals surface area (Å²) in [7, 11) is 2.95. The summed E-state index contributed by atoms with van der Waals surface area (Å²) in [6.45, 7) is 2.49. The molecule has 4 rings (SSSR count). The normalized spacial score (nSPS) is 16.7. The van der Waals surface area contributed by atoms with Crippen LogP contribution >= 0.6 is 23.2 Å². The molecule has 1 N–H and O–H groups in total. The fourth-order valence-corrected chi connectivity index (χ4v) is 4.89. The molecule has 0 spiro atoms. The number of halogens is 2. The van der Waals surface area contributed by atoms with Gasteiger partial charge < -0.3 is 24.2 Å². The van der Waals surface area contributed by atoms with Gasteiger partial charge in [-0.3, -0.25) is 9.59 Å². The third kappa shape index (κ3) is 5.24. The van der Waals surface area contributed by atoms with Crippen LogP contribution < -0.4 is 14.2 Å². The lowest BCUT2D eigenvalue weighted by molar-refractivity contribution is -0.140. The van der Waals surface area contributed by atoms with Crippen molar-refractivity contribution in [1.82, 2.24) is 4.90 Å². The van der Waals surface area contributed by atoms with Gasteiger partial charge in [0.25, 0.3) is 11.7 Å². The molecule has 1 atom stereocenters. The van der Waals surface area contributed by atoms with Crippen molar-refractivity contribution in [2.75, 3.05) is 20.8 Å². The van der Waals surface area contributed by atoms with Gasteiger partial charge >= 0.3 is 0 Å². The standard InChI is InChI=1S/C28H25Cl2NO6/c1-4-37-20-11-7-17(8-12-20)24-23(25(32)21-13-18(29)14-22(30)27(21)36-3)26(33)28(34)31(24)15-16-5-9-19(35-2)10-6-16/h5-14,24,32H,4,15H2,1-3H3/b25-23+. The van der Waals surface area contributed by atoms with Crippen molar-refractivity contribution >= 4 is 40.7 Å². The van der Waals surface area contributed by atoms with Gasteiger partial charge in [0.1, 0.15) is 23.0 Å². The minimum atomic E-state index is -0.889. The molecule has 37 heavy (non-hydrogen) atoms. The van der Waals surface area contributed by atoms with Crippen molar-refractivity contribution in [2.45, 2.75) is 19.5 Å². The van der Waals surface area contributed by atoms with E-state index in [4.69, 9.17) is 37.4 Å². The second-order valence-electron chi connectivity index (χ2n) is 8.25. The van der Waals surface area contributed by atoms with E-state index in [0.29, 0.717) is 23.7 Å². The maximum Gasteiger partial charge on any atom is 0.295 e. The third-order valence-corrected chi connectivity index (χ3v) is 6.53. The number of hydrogen-bond acceptors (Lipinski definition) is 6. The molecule has 0 bridgehead atoms. The van der Waals surface area contributed by atoms with Gasteiger partial charge in [0, 0.05) is 11.6 Å². The number of aliphatic hydroxyl groups excluding tert-OH is 1. The lowest BCUT2D eigenvalue weighted by atomic mass is 9.94. The predicted molar refractivity (Wildman–Crippen MR) is 141 cm³/mol. The van der Waals surface area contributed by atoms with E-state index in [1.807, 2.05) is 19.1 Å². The fourth-order valence-electron chi connectivity index (χ4n) is 4.32. The molecule has 0 radical (unpaired) electrons. The van der Waals surface area contributed by atoms with Gasteiger partial charge in [-0.15, -0.1) is 0 Å². The van der Waals surface area contributed by atoms with Crippen molar-refractivity contribution in [1.29, 1.82) is 0 Å². The molecule has 7 nitrogen and oxygen atoms in total. The van der Waals surface area contributed by atoms with Crippen LogP contribution in [0.25, 0.3) is 5.76 Å². The Morgan fingerprint density at radius 3 is 2.19 bits per heavy atom. The van der Waals surface area contributed by atoms with Crippen LogP contribution in [0.5, 0.6) is 17.2 Å². The minimum Gasteiger partial charge on any atom is -0.507 e. The van der Waals surface area contributed by atoms with E-state index in [-0.39, 0.29) is 33.5 Å². The lowest BCUT2D eigenvalue weighted by Crippen LogP contribution is -2.29. The van der Waals surface area contributed by atoms with Crippen molar-refractivity contribution in [2.24, 2.45) is 0 Å². The lowest BCUT2D eigenvalue weighted by Gasteiger charge is -2.26. The number of methoxy groups -OCH3 is 2. The molecule has 192 valence electrons. The zero-order valence-electron chi connectivity index (χ0n) is 20.5. The summed E-state index contributed by atoms with van der Waals surface area (Å²) in [6, 6.07) is 16.2. The van der Waals surface area contributed by atoms with E-state index in [0.717, 1.165) is 5.56 Å². The Kier molecular flexibility index (Phi) is 7.95. The number of ether oxygens (including phenoxy) is 3. The van der Waals surface area contributed by atoms with Crippen LogP contribution in [0.15, 0.2) is 66.2 Å². The second kappa shape index (κ2) is 11.2. The Morgan fingerprint density at radius 1 is 0.946 bits per heavy atom. The molecule has 1 amide bonds. The Hall–Kier alpha value is -3.68. The number of ketones is 1. The van der Waals surface area contributed by atoms with E-state index in [9.17, 15) is 14.7 Å². The average molecular weight is 542 g/mol. The van der Waals surface area contributed by atoms with Gasteiger partial charge in [0.2, 0.25) is 0 Å². The molecule has 1 saturated heterocycles. The number of benzene rings is 3. The van der Waals surface area contributed by atoms with Crippen molar-refractivity contribution in [3.8, 4) is 17.2 Å². The number of carbonyl (C=O) groups is 2. The summed E-state index contributed by atoms with van der Waals surface area (Å²) < 4.78 is 16.1. The summed E-state index contributed by atoms with van der Waals surface area (Å²) in [5, 5.41) is 11.8. The van der Waals surface area contributed by atoms with Crippen LogP contribution in [0.3, 0.4) is 0 Å². The summed E-state index contributed by atoms with van der Waals surface area (Å²) in [6.07, 6.45) is 0. The van der Waals surface area contributed by atoms with Crippen molar-refractivity contribution in [3.63, 3.8) is 0 Å². The number of carbonyl (C=O) groups excluding carboxylic acids is 2. The summed E-state index contributed by atoms with van der Waals surface area (Å²) >= 11 is 12.5. The van der Waals surface area contributed by atoms with Crippen LogP contribution in [-0.4, -0.2) is 42.5 Å². The fraction of sp³-hybridized carbons (Fsp3) is 0.214. The molecular formula is C28H25Cl2NO6. The molecule has 0 saturated carbocycles. The van der Waals surface area contributed by atoms with Crippen LogP contribution in [0.2, 0.25) is 10.0 Å². The number of rotatable bonds is 8. The van der Waals surface area contributed by atoms with Crippen LogP contribution in [0, 0.1) is 0 Å². The molecule has 3 aromatic rings. The smallest absolute Gasteiger partial charge is 0.295 e. The quantitative estimate of drug-likeness (QED) is 0.213. The number of likely N-dealkylation sites (tertiary alicyclic amines) is 1. The highest BCUT2D eigenvalue weighted by molar-refractivity contribution is 6.46. The molecule has 0 aromatic heterocycles. The SMILES string of the molecule is CCOc1ccc(C2/C(=C(\O)c3cc(Cl)cc(Cl)c3OC)C(=O)C(=O)N2Cc2ccc(OC)cc2)cc1. The van der Waals surface area contributed by atoms with E-state index >= 15 is 0 Å². The number of amides is 1.